The van der Waals surface area contributed by atoms with Crippen molar-refractivity contribution in [3.05, 3.63) is 12.0 Å². The summed E-state index contributed by atoms with van der Waals surface area (Å²) in [7, 11) is 0. The van der Waals surface area contributed by atoms with Crippen molar-refractivity contribution in [3.63, 3.8) is 0 Å². The molecule has 328 valence electrons. The third-order valence-corrected chi connectivity index (χ3v) is 11.1. The molecule has 7 nitrogen and oxygen atoms in total. The Morgan fingerprint density at radius 1 is 0.527 bits per heavy atom. The summed E-state index contributed by atoms with van der Waals surface area (Å²) in [6, 6.07) is 0. The van der Waals surface area contributed by atoms with Crippen LogP contribution in [0, 0.1) is 0 Å². The number of aliphatic hydroxyl groups is 1. The molecule has 0 aliphatic rings. The van der Waals surface area contributed by atoms with Gasteiger partial charge < -0.3 is 30.0 Å². The topological polar surface area (TPSA) is 94.2 Å². The lowest BCUT2D eigenvalue weighted by molar-refractivity contribution is -0.144. The number of hydrogen-bond acceptors (Lipinski definition) is 7. The molecule has 3 N–H and O–H groups in total. The lowest BCUT2D eigenvalue weighted by Gasteiger charge is -2.23. The van der Waals surface area contributed by atoms with E-state index in [9.17, 15) is 9.90 Å². The van der Waals surface area contributed by atoms with Gasteiger partial charge in [0.2, 0.25) is 0 Å². The number of hydrogen-bond donors (Lipinski definition) is 2. The molecule has 0 bridgehead atoms. The van der Waals surface area contributed by atoms with Gasteiger partial charge in [-0.3, -0.25) is 4.79 Å². The Morgan fingerprint density at radius 2 is 0.927 bits per heavy atom. The molecule has 0 heterocycles. The van der Waals surface area contributed by atoms with Gasteiger partial charge >= 0.3 is 5.97 Å². The van der Waals surface area contributed by atoms with Crippen LogP contribution >= 0.6 is 0 Å². The molecule has 0 fully saturated rings. The second kappa shape index (κ2) is 43.8. The van der Waals surface area contributed by atoms with Crippen molar-refractivity contribution in [2.45, 2.75) is 258 Å². The van der Waals surface area contributed by atoms with Gasteiger partial charge in [-0.15, -0.1) is 0 Å². The summed E-state index contributed by atoms with van der Waals surface area (Å²) >= 11 is 0. The Balaban J connectivity index is 4.29. The van der Waals surface area contributed by atoms with E-state index in [1.807, 2.05) is 6.92 Å². The molecule has 0 saturated carbocycles. The summed E-state index contributed by atoms with van der Waals surface area (Å²) in [6.07, 6.45) is 41.5. The fourth-order valence-electron chi connectivity index (χ4n) is 7.42. The van der Waals surface area contributed by atoms with Gasteiger partial charge in [-0.25, -0.2) is 0 Å². The number of ether oxygens (including phenoxy) is 3. The van der Waals surface area contributed by atoms with Crippen LogP contribution in [-0.4, -0.2) is 61.2 Å². The number of allylic oxidation sites excluding steroid dienone is 1. The molecular weight excluding hydrogens is 685 g/mol. The Bertz CT molecular complexity index is 793. The summed E-state index contributed by atoms with van der Waals surface area (Å²) < 4.78 is 17.4. The largest absolute Gasteiger partial charge is 0.497 e. The molecule has 1 unspecified atom stereocenters. The maximum absolute atomic E-state index is 12.1. The highest BCUT2D eigenvalue weighted by molar-refractivity contribution is 5.69. The van der Waals surface area contributed by atoms with E-state index < -0.39 is 6.29 Å². The summed E-state index contributed by atoms with van der Waals surface area (Å²) in [5.74, 6) is 0.768. The second-order valence-electron chi connectivity index (χ2n) is 16.6. The Labute approximate surface area is 343 Å². The highest BCUT2D eigenvalue weighted by Gasteiger charge is 2.15. The minimum Gasteiger partial charge on any atom is -0.497 e. The molecule has 0 radical (unpaired) electrons. The third kappa shape index (κ3) is 40.7. The first-order chi connectivity index (χ1) is 27.0. The van der Waals surface area contributed by atoms with Crippen molar-refractivity contribution >= 4 is 5.97 Å². The van der Waals surface area contributed by atoms with Crippen molar-refractivity contribution in [3.8, 4) is 0 Å². The first-order valence-corrected chi connectivity index (χ1v) is 24.2. The highest BCUT2D eigenvalue weighted by Crippen LogP contribution is 2.20. The molecular formula is C48H96N2O5. The number of carbonyl (C=O) groups is 1. The maximum atomic E-state index is 12.1. The average molecular weight is 781 g/mol. The molecule has 0 spiro atoms. The molecule has 0 aromatic heterocycles. The highest BCUT2D eigenvalue weighted by atomic mass is 16.6. The third-order valence-electron chi connectivity index (χ3n) is 11.1. The molecule has 0 aromatic rings. The first-order valence-electron chi connectivity index (χ1n) is 24.2. The summed E-state index contributed by atoms with van der Waals surface area (Å²) in [6.45, 7) is 13.3. The summed E-state index contributed by atoms with van der Waals surface area (Å²) in [5, 5.41) is 10.8. The number of esters is 1. The van der Waals surface area contributed by atoms with E-state index in [1.165, 1.54) is 160 Å². The molecule has 0 aliphatic carbocycles. The first kappa shape index (κ1) is 53.7. The fraction of sp³-hybridized carbons (Fsp3) is 0.938. The monoisotopic (exact) mass is 781 g/mol. The Hall–Kier alpha value is -1.31. The molecule has 7 heteroatoms. The van der Waals surface area contributed by atoms with Crippen LogP contribution < -0.4 is 5.73 Å². The van der Waals surface area contributed by atoms with Crippen LogP contribution in [-0.2, 0) is 19.0 Å². The lowest BCUT2D eigenvalue weighted by Crippen LogP contribution is -2.28. The molecule has 0 saturated heterocycles. The summed E-state index contributed by atoms with van der Waals surface area (Å²) in [4.78, 5) is 14.7. The predicted octanol–water partition coefficient (Wildman–Crippen LogP) is 13.7. The second-order valence-corrected chi connectivity index (χ2v) is 16.6. The zero-order valence-electron chi connectivity index (χ0n) is 37.4. The Kier molecular flexibility index (Phi) is 42.8. The average Bonchev–Trinajstić information content (AvgIpc) is 3.18. The quantitative estimate of drug-likeness (QED) is 0.0275. The number of nitrogens with zero attached hydrogens (tertiary/aromatic N) is 1. The minimum absolute atomic E-state index is 0.0187. The standard InChI is InChI=1S/C48H96N2O5/c1-5-8-11-14-17-26-33-42-54-47(51)37-29-22-18-24-31-39-50(41-34-43-53-45(4)44-49)40-32-25-19-23-30-38-48(52)55-46(35-27-20-15-12-9-6-2)36-28-21-16-13-10-7-3/h44,46,48,52H,5-43,49H2,1-4H3/b45-44-. The van der Waals surface area contributed by atoms with Gasteiger partial charge in [0.25, 0.3) is 0 Å². The zero-order chi connectivity index (χ0) is 40.3. The van der Waals surface area contributed by atoms with Crippen molar-refractivity contribution in [2.75, 3.05) is 32.8 Å². The minimum atomic E-state index is -0.616. The number of rotatable bonds is 45. The van der Waals surface area contributed by atoms with E-state index in [0.717, 1.165) is 83.2 Å². The van der Waals surface area contributed by atoms with Crippen LogP contribution in [0.5, 0.6) is 0 Å². The number of carbonyl (C=O) groups excluding carboxylic acids is 1. The van der Waals surface area contributed by atoms with Crippen LogP contribution in [0.25, 0.3) is 0 Å². The van der Waals surface area contributed by atoms with Crippen molar-refractivity contribution in [2.24, 2.45) is 5.73 Å². The number of unbranched alkanes of at least 4 members (excludes halogenated alkanes) is 24. The molecule has 55 heavy (non-hydrogen) atoms. The van der Waals surface area contributed by atoms with Crippen LogP contribution in [0.1, 0.15) is 246 Å². The molecule has 0 aromatic carbocycles. The van der Waals surface area contributed by atoms with Crippen LogP contribution in [0.15, 0.2) is 12.0 Å². The van der Waals surface area contributed by atoms with E-state index in [-0.39, 0.29) is 12.1 Å². The number of nitrogens with two attached hydrogens (primary N) is 1. The van der Waals surface area contributed by atoms with Gasteiger partial charge in [0.15, 0.2) is 6.29 Å². The lowest BCUT2D eigenvalue weighted by atomic mass is 10.0. The van der Waals surface area contributed by atoms with Gasteiger partial charge in [0.1, 0.15) is 5.76 Å². The van der Waals surface area contributed by atoms with E-state index in [0.29, 0.717) is 19.6 Å². The van der Waals surface area contributed by atoms with Crippen LogP contribution in [0.3, 0.4) is 0 Å². The number of aliphatic hydroxyl groups excluding tert-OH is 1. The van der Waals surface area contributed by atoms with Crippen LogP contribution in [0.2, 0.25) is 0 Å². The summed E-state index contributed by atoms with van der Waals surface area (Å²) in [5.41, 5.74) is 5.57. The fourth-order valence-corrected chi connectivity index (χ4v) is 7.42. The van der Waals surface area contributed by atoms with Crippen molar-refractivity contribution in [1.29, 1.82) is 0 Å². The van der Waals surface area contributed by atoms with E-state index in [1.54, 1.807) is 0 Å². The van der Waals surface area contributed by atoms with Gasteiger partial charge in [-0.05, 0) is 77.8 Å². The van der Waals surface area contributed by atoms with Crippen molar-refractivity contribution < 1.29 is 24.1 Å². The van der Waals surface area contributed by atoms with Crippen LogP contribution in [0.4, 0.5) is 0 Å². The van der Waals surface area contributed by atoms with Gasteiger partial charge in [-0.1, -0.05) is 175 Å². The zero-order valence-corrected chi connectivity index (χ0v) is 37.4. The van der Waals surface area contributed by atoms with Gasteiger partial charge in [0.05, 0.1) is 19.3 Å². The SMILES string of the molecule is CCCCCCCCCOC(=O)CCCCCCCN(CCCCCCCC(O)OC(CCCCCCCC)CCCCCCCC)CCCO/C(C)=C\N. The predicted molar refractivity (Wildman–Crippen MR) is 236 cm³/mol. The Morgan fingerprint density at radius 3 is 1.44 bits per heavy atom. The van der Waals surface area contributed by atoms with Gasteiger partial charge in [-0.2, -0.15) is 0 Å². The molecule has 1 atom stereocenters. The molecule has 0 aliphatic heterocycles. The van der Waals surface area contributed by atoms with E-state index in [4.69, 9.17) is 19.9 Å². The maximum Gasteiger partial charge on any atom is 0.305 e. The normalized spacial score (nSPS) is 12.6. The van der Waals surface area contributed by atoms with Gasteiger partial charge in [0, 0.05) is 19.2 Å². The molecule has 0 amide bonds. The van der Waals surface area contributed by atoms with E-state index >= 15 is 0 Å². The van der Waals surface area contributed by atoms with E-state index in [2.05, 4.69) is 25.7 Å². The van der Waals surface area contributed by atoms with Crippen molar-refractivity contribution in [1.82, 2.24) is 4.90 Å². The molecule has 0 rings (SSSR count). The smallest absolute Gasteiger partial charge is 0.305 e.